The molecule has 2 aliphatic rings. The van der Waals surface area contributed by atoms with E-state index in [9.17, 15) is 0 Å². The van der Waals surface area contributed by atoms with Crippen molar-refractivity contribution in [2.75, 3.05) is 0 Å². The highest BCUT2D eigenvalue weighted by Crippen LogP contribution is 2.58. The molecule has 1 heteroatoms. The van der Waals surface area contributed by atoms with Gasteiger partial charge in [-0.2, -0.15) is 0 Å². The Balaban J connectivity index is 1.39. The lowest BCUT2D eigenvalue weighted by Gasteiger charge is -2.24. The fourth-order valence-corrected chi connectivity index (χ4v) is 8.02. The van der Waals surface area contributed by atoms with Crippen LogP contribution in [-0.4, -0.2) is 4.98 Å². The first-order valence-corrected chi connectivity index (χ1v) is 14.3. The zero-order valence-corrected chi connectivity index (χ0v) is 23.3. The molecule has 0 radical (unpaired) electrons. The minimum absolute atomic E-state index is 0.0186. The van der Waals surface area contributed by atoms with Crippen molar-refractivity contribution in [3.63, 3.8) is 0 Å². The first-order valence-electron chi connectivity index (χ1n) is 14.3. The van der Waals surface area contributed by atoms with Gasteiger partial charge in [-0.3, -0.25) is 4.98 Å². The zero-order chi connectivity index (χ0) is 27.0. The Morgan fingerprint density at radius 3 is 2.00 bits per heavy atom. The lowest BCUT2D eigenvalue weighted by atomic mass is 9.79. The molecule has 2 aliphatic carbocycles. The van der Waals surface area contributed by atoms with Gasteiger partial charge in [-0.05, 0) is 107 Å². The number of hydrogen-bond donors (Lipinski definition) is 0. The maximum Gasteiger partial charge on any atom is 0.0708 e. The Bertz CT molecular complexity index is 2200. The topological polar surface area (TPSA) is 12.9 Å². The molecule has 40 heavy (non-hydrogen) atoms. The summed E-state index contributed by atoms with van der Waals surface area (Å²) in [4.78, 5) is 4.70. The summed E-state index contributed by atoms with van der Waals surface area (Å²) in [6, 6.07) is 36.5. The average molecular weight is 512 g/mol. The van der Waals surface area contributed by atoms with Crippen LogP contribution >= 0.6 is 0 Å². The van der Waals surface area contributed by atoms with Crippen molar-refractivity contribution in [1.29, 1.82) is 0 Å². The molecule has 1 heterocycles. The first kappa shape index (κ1) is 22.3. The standard InChI is InChI=1S/C39H29N/c1-38(2)30-10-6-5-9-24(30)28-20-32-29(21-31(28)38)37-27-17-13-22-12-15-25(34-11-7-8-18-40-34)26-16-14-23(36(27)35(22)26)19-33(37)39(32,3)4/h5-21H,1-4H3. The van der Waals surface area contributed by atoms with Gasteiger partial charge in [-0.25, -0.2) is 0 Å². The lowest BCUT2D eigenvalue weighted by molar-refractivity contribution is 0.652. The van der Waals surface area contributed by atoms with Crippen LogP contribution in [-0.2, 0) is 10.8 Å². The van der Waals surface area contributed by atoms with Crippen LogP contribution in [0.1, 0.15) is 49.9 Å². The van der Waals surface area contributed by atoms with Crippen LogP contribution in [0.4, 0.5) is 0 Å². The molecule has 0 amide bonds. The van der Waals surface area contributed by atoms with Crippen LogP contribution < -0.4 is 0 Å². The van der Waals surface area contributed by atoms with E-state index in [0.717, 1.165) is 5.69 Å². The molecule has 0 saturated carbocycles. The molecule has 0 bridgehead atoms. The molecule has 9 rings (SSSR count). The maximum atomic E-state index is 4.70. The molecule has 6 aromatic carbocycles. The van der Waals surface area contributed by atoms with Crippen LogP contribution in [0, 0.1) is 0 Å². The number of rotatable bonds is 1. The van der Waals surface area contributed by atoms with Crippen LogP contribution in [0.5, 0.6) is 0 Å². The quantitative estimate of drug-likeness (QED) is 0.200. The van der Waals surface area contributed by atoms with Crippen molar-refractivity contribution in [3.05, 3.63) is 126 Å². The highest BCUT2D eigenvalue weighted by Gasteiger charge is 2.42. The van der Waals surface area contributed by atoms with Gasteiger partial charge in [0, 0.05) is 22.6 Å². The second-order valence-electron chi connectivity index (χ2n) is 12.8. The number of benzene rings is 6. The average Bonchev–Trinajstić information content (AvgIpc) is 3.34. The molecular formula is C39H29N. The summed E-state index contributed by atoms with van der Waals surface area (Å²) in [5, 5.41) is 7.97. The molecule has 0 unspecified atom stereocenters. The fourth-order valence-electron chi connectivity index (χ4n) is 8.02. The second-order valence-corrected chi connectivity index (χ2v) is 12.8. The van der Waals surface area contributed by atoms with Gasteiger partial charge < -0.3 is 0 Å². The van der Waals surface area contributed by atoms with Gasteiger partial charge in [0.15, 0.2) is 0 Å². The Kier molecular flexibility index (Phi) is 4.01. The van der Waals surface area contributed by atoms with Gasteiger partial charge in [0.25, 0.3) is 0 Å². The molecule has 0 aliphatic heterocycles. The molecule has 190 valence electrons. The van der Waals surface area contributed by atoms with E-state index in [-0.39, 0.29) is 10.8 Å². The number of pyridine rings is 1. The van der Waals surface area contributed by atoms with E-state index in [2.05, 4.69) is 119 Å². The Labute approximate surface area is 234 Å². The Morgan fingerprint density at radius 1 is 0.475 bits per heavy atom. The molecule has 0 spiro atoms. The molecule has 1 nitrogen and oxygen atoms in total. The predicted octanol–water partition coefficient (Wildman–Crippen LogP) is 10.3. The van der Waals surface area contributed by atoms with E-state index in [1.54, 1.807) is 0 Å². The smallest absolute Gasteiger partial charge is 0.0708 e. The molecule has 0 saturated heterocycles. The molecule has 0 N–H and O–H groups in total. The lowest BCUT2D eigenvalue weighted by Crippen LogP contribution is -2.17. The van der Waals surface area contributed by atoms with Gasteiger partial charge in [-0.15, -0.1) is 0 Å². The van der Waals surface area contributed by atoms with Crippen LogP contribution in [0.2, 0.25) is 0 Å². The monoisotopic (exact) mass is 511 g/mol. The maximum absolute atomic E-state index is 4.70. The summed E-state index contributed by atoms with van der Waals surface area (Å²) in [5.41, 5.74) is 13.5. The summed E-state index contributed by atoms with van der Waals surface area (Å²) in [7, 11) is 0. The predicted molar refractivity (Wildman–Crippen MR) is 169 cm³/mol. The van der Waals surface area contributed by atoms with Gasteiger partial charge in [0.05, 0.1) is 5.69 Å². The van der Waals surface area contributed by atoms with Crippen molar-refractivity contribution < 1.29 is 0 Å². The number of fused-ring (bicyclic) bond motifs is 7. The van der Waals surface area contributed by atoms with Crippen molar-refractivity contribution in [2.24, 2.45) is 0 Å². The van der Waals surface area contributed by atoms with E-state index in [0.29, 0.717) is 0 Å². The van der Waals surface area contributed by atoms with Gasteiger partial charge in [-0.1, -0.05) is 94.4 Å². The normalized spacial score (nSPS) is 15.9. The summed E-state index contributed by atoms with van der Waals surface area (Å²) >= 11 is 0. The summed E-state index contributed by atoms with van der Waals surface area (Å²) in [6.07, 6.45) is 1.89. The van der Waals surface area contributed by atoms with Crippen molar-refractivity contribution in [2.45, 2.75) is 38.5 Å². The first-order chi connectivity index (χ1) is 19.4. The molecule has 7 aromatic rings. The van der Waals surface area contributed by atoms with Crippen molar-refractivity contribution in [1.82, 2.24) is 4.98 Å². The zero-order valence-electron chi connectivity index (χ0n) is 23.3. The third kappa shape index (κ3) is 2.56. The van der Waals surface area contributed by atoms with Crippen molar-refractivity contribution in [3.8, 4) is 33.5 Å². The third-order valence-electron chi connectivity index (χ3n) is 10.1. The van der Waals surface area contributed by atoms with E-state index < -0.39 is 0 Å². The van der Waals surface area contributed by atoms with Crippen LogP contribution in [0.15, 0.2) is 103 Å². The Hall–Kier alpha value is -4.49. The van der Waals surface area contributed by atoms with Crippen LogP contribution in [0.3, 0.4) is 0 Å². The summed E-state index contributed by atoms with van der Waals surface area (Å²) < 4.78 is 0. The largest absolute Gasteiger partial charge is 0.256 e. The number of aromatic nitrogens is 1. The minimum Gasteiger partial charge on any atom is -0.256 e. The Morgan fingerprint density at radius 2 is 1.15 bits per heavy atom. The van der Waals surface area contributed by atoms with Gasteiger partial charge in [0.1, 0.15) is 0 Å². The van der Waals surface area contributed by atoms with E-state index in [1.165, 1.54) is 82.4 Å². The highest BCUT2D eigenvalue weighted by molar-refractivity contribution is 6.28. The number of nitrogens with zero attached hydrogens (tertiary/aromatic N) is 1. The third-order valence-corrected chi connectivity index (χ3v) is 10.1. The van der Waals surface area contributed by atoms with Crippen LogP contribution in [0.25, 0.3) is 65.8 Å². The fraction of sp³-hybridized carbons (Fsp3) is 0.154. The number of hydrogen-bond acceptors (Lipinski definition) is 1. The van der Waals surface area contributed by atoms with Gasteiger partial charge in [0.2, 0.25) is 0 Å². The highest BCUT2D eigenvalue weighted by atomic mass is 14.7. The molecule has 0 fully saturated rings. The molecular weight excluding hydrogens is 482 g/mol. The van der Waals surface area contributed by atoms with Gasteiger partial charge >= 0.3 is 0 Å². The SMILES string of the molecule is CC1(C)c2ccccc2-c2cc3c(cc21)-c1c(cc2ccc4c(-c5ccccn5)ccc5ccc1c2c54)C3(C)C. The minimum atomic E-state index is -0.0784. The second kappa shape index (κ2) is 7.17. The molecule has 1 aromatic heterocycles. The summed E-state index contributed by atoms with van der Waals surface area (Å²) in [6.45, 7) is 9.59. The summed E-state index contributed by atoms with van der Waals surface area (Å²) in [5.74, 6) is 0. The molecule has 0 atom stereocenters. The van der Waals surface area contributed by atoms with E-state index in [1.807, 2.05) is 12.3 Å². The van der Waals surface area contributed by atoms with Crippen molar-refractivity contribution >= 4 is 32.3 Å². The van der Waals surface area contributed by atoms with E-state index >= 15 is 0 Å². The van der Waals surface area contributed by atoms with E-state index in [4.69, 9.17) is 4.98 Å².